The standard InChI is InChI=1S/C12H20N4/c1-10-12-11(15-7-4-13-5-8-15)3-2-6-16(12)9-14-10/h9,11,13H,2-8H2,1H3. The molecule has 1 saturated heterocycles. The Morgan fingerprint density at radius 2 is 2.12 bits per heavy atom. The summed E-state index contributed by atoms with van der Waals surface area (Å²) in [4.78, 5) is 7.09. The second kappa shape index (κ2) is 4.18. The number of hydrogen-bond acceptors (Lipinski definition) is 3. The monoisotopic (exact) mass is 220 g/mol. The van der Waals surface area contributed by atoms with Crippen molar-refractivity contribution in [1.82, 2.24) is 19.8 Å². The molecular formula is C12H20N4. The lowest BCUT2D eigenvalue weighted by Gasteiger charge is -2.37. The van der Waals surface area contributed by atoms with Gasteiger partial charge < -0.3 is 9.88 Å². The summed E-state index contributed by atoms with van der Waals surface area (Å²) in [6.45, 7) is 7.91. The minimum absolute atomic E-state index is 0.610. The highest BCUT2D eigenvalue weighted by atomic mass is 15.2. The molecule has 0 saturated carbocycles. The molecule has 88 valence electrons. The minimum Gasteiger partial charge on any atom is -0.333 e. The lowest BCUT2D eigenvalue weighted by atomic mass is 10.00. The number of hydrogen-bond donors (Lipinski definition) is 1. The smallest absolute Gasteiger partial charge is 0.0951 e. The fourth-order valence-corrected chi connectivity index (χ4v) is 3.04. The van der Waals surface area contributed by atoms with E-state index in [1.54, 1.807) is 0 Å². The Morgan fingerprint density at radius 3 is 2.94 bits per heavy atom. The highest BCUT2D eigenvalue weighted by Crippen LogP contribution is 2.32. The fraction of sp³-hybridized carbons (Fsp3) is 0.750. The second-order valence-electron chi connectivity index (χ2n) is 4.85. The lowest BCUT2D eigenvalue weighted by molar-refractivity contribution is 0.145. The molecule has 4 nitrogen and oxygen atoms in total. The molecule has 0 radical (unpaired) electrons. The molecule has 1 atom stereocenters. The normalized spacial score (nSPS) is 26.7. The maximum absolute atomic E-state index is 4.46. The van der Waals surface area contributed by atoms with Crippen molar-refractivity contribution < 1.29 is 0 Å². The first-order valence-corrected chi connectivity index (χ1v) is 6.32. The van der Waals surface area contributed by atoms with Crippen molar-refractivity contribution in [2.24, 2.45) is 0 Å². The topological polar surface area (TPSA) is 33.1 Å². The van der Waals surface area contributed by atoms with Gasteiger partial charge in [0, 0.05) is 32.7 Å². The number of aryl methyl sites for hydroxylation is 2. The number of nitrogens with one attached hydrogen (secondary N) is 1. The summed E-state index contributed by atoms with van der Waals surface area (Å²) in [6, 6.07) is 0.610. The van der Waals surface area contributed by atoms with Crippen molar-refractivity contribution in [1.29, 1.82) is 0 Å². The molecule has 0 aromatic carbocycles. The van der Waals surface area contributed by atoms with Gasteiger partial charge in [-0.3, -0.25) is 4.90 Å². The van der Waals surface area contributed by atoms with Crippen molar-refractivity contribution in [2.75, 3.05) is 26.2 Å². The third-order valence-corrected chi connectivity index (χ3v) is 3.86. The molecule has 1 unspecified atom stereocenters. The largest absolute Gasteiger partial charge is 0.333 e. The Morgan fingerprint density at radius 1 is 1.31 bits per heavy atom. The summed E-state index contributed by atoms with van der Waals surface area (Å²) in [5.41, 5.74) is 2.69. The third kappa shape index (κ3) is 1.66. The molecule has 0 amide bonds. The van der Waals surface area contributed by atoms with Gasteiger partial charge in [-0.15, -0.1) is 0 Å². The van der Waals surface area contributed by atoms with Crippen LogP contribution in [0.15, 0.2) is 6.33 Å². The van der Waals surface area contributed by atoms with Gasteiger partial charge in [0.05, 0.1) is 23.8 Å². The van der Waals surface area contributed by atoms with Gasteiger partial charge in [0.2, 0.25) is 0 Å². The van der Waals surface area contributed by atoms with Gasteiger partial charge in [0.25, 0.3) is 0 Å². The average molecular weight is 220 g/mol. The molecule has 1 N–H and O–H groups in total. The van der Waals surface area contributed by atoms with Crippen molar-refractivity contribution in [3.05, 3.63) is 17.7 Å². The van der Waals surface area contributed by atoms with E-state index < -0.39 is 0 Å². The Balaban J connectivity index is 1.88. The Kier molecular flexibility index (Phi) is 2.69. The molecule has 3 heterocycles. The van der Waals surface area contributed by atoms with Crippen LogP contribution < -0.4 is 5.32 Å². The van der Waals surface area contributed by atoms with Crippen LogP contribution in [0.3, 0.4) is 0 Å². The van der Waals surface area contributed by atoms with Crippen LogP contribution in [0, 0.1) is 6.92 Å². The molecule has 0 spiro atoms. The summed E-state index contributed by atoms with van der Waals surface area (Å²) >= 11 is 0. The molecule has 1 fully saturated rings. The van der Waals surface area contributed by atoms with Crippen LogP contribution in [0.25, 0.3) is 0 Å². The van der Waals surface area contributed by atoms with E-state index in [2.05, 4.69) is 26.7 Å². The highest BCUT2D eigenvalue weighted by Gasteiger charge is 2.28. The van der Waals surface area contributed by atoms with Gasteiger partial charge in [-0.25, -0.2) is 4.98 Å². The maximum atomic E-state index is 4.46. The van der Waals surface area contributed by atoms with Crippen LogP contribution in [-0.4, -0.2) is 40.6 Å². The predicted molar refractivity (Wildman–Crippen MR) is 63.4 cm³/mol. The summed E-state index contributed by atoms with van der Waals surface area (Å²) in [7, 11) is 0. The van der Waals surface area contributed by atoms with E-state index in [9.17, 15) is 0 Å². The Labute approximate surface area is 96.7 Å². The zero-order valence-electron chi connectivity index (χ0n) is 9.95. The van der Waals surface area contributed by atoms with E-state index in [0.29, 0.717) is 6.04 Å². The molecule has 1 aromatic rings. The molecule has 0 aliphatic carbocycles. The van der Waals surface area contributed by atoms with E-state index in [1.165, 1.54) is 37.3 Å². The number of fused-ring (bicyclic) bond motifs is 1. The molecule has 1 aromatic heterocycles. The lowest BCUT2D eigenvalue weighted by Crippen LogP contribution is -2.46. The van der Waals surface area contributed by atoms with E-state index in [0.717, 1.165) is 19.6 Å². The van der Waals surface area contributed by atoms with Crippen LogP contribution in [0.5, 0.6) is 0 Å². The van der Waals surface area contributed by atoms with Crippen molar-refractivity contribution in [3.8, 4) is 0 Å². The van der Waals surface area contributed by atoms with Crippen molar-refractivity contribution in [3.63, 3.8) is 0 Å². The molecule has 4 heteroatoms. The van der Waals surface area contributed by atoms with Gasteiger partial charge >= 0.3 is 0 Å². The molecule has 0 bridgehead atoms. The van der Waals surface area contributed by atoms with Gasteiger partial charge in [0.1, 0.15) is 0 Å². The van der Waals surface area contributed by atoms with Crippen LogP contribution in [0.1, 0.15) is 30.3 Å². The highest BCUT2D eigenvalue weighted by molar-refractivity contribution is 5.18. The number of rotatable bonds is 1. The van der Waals surface area contributed by atoms with E-state index in [4.69, 9.17) is 0 Å². The zero-order valence-corrected chi connectivity index (χ0v) is 9.95. The second-order valence-corrected chi connectivity index (χ2v) is 4.85. The van der Waals surface area contributed by atoms with Crippen molar-refractivity contribution >= 4 is 0 Å². The third-order valence-electron chi connectivity index (χ3n) is 3.86. The maximum Gasteiger partial charge on any atom is 0.0951 e. The summed E-state index contributed by atoms with van der Waals surface area (Å²) in [6.07, 6.45) is 4.60. The first-order valence-electron chi connectivity index (χ1n) is 6.32. The zero-order chi connectivity index (χ0) is 11.0. The first-order chi connectivity index (χ1) is 7.86. The van der Waals surface area contributed by atoms with Crippen LogP contribution in [-0.2, 0) is 6.54 Å². The number of nitrogens with zero attached hydrogens (tertiary/aromatic N) is 3. The molecule has 16 heavy (non-hydrogen) atoms. The van der Waals surface area contributed by atoms with Gasteiger partial charge in [-0.1, -0.05) is 0 Å². The predicted octanol–water partition coefficient (Wildman–Crippen LogP) is 0.932. The number of aromatic nitrogens is 2. The van der Waals surface area contributed by atoms with Crippen LogP contribution in [0.2, 0.25) is 0 Å². The first kappa shape index (κ1) is 10.3. The van der Waals surface area contributed by atoms with Gasteiger partial charge in [-0.2, -0.15) is 0 Å². The summed E-state index contributed by atoms with van der Waals surface area (Å²) < 4.78 is 2.35. The van der Waals surface area contributed by atoms with Crippen LogP contribution >= 0.6 is 0 Å². The fourth-order valence-electron chi connectivity index (χ4n) is 3.04. The molecule has 3 rings (SSSR count). The average Bonchev–Trinajstić information content (AvgIpc) is 2.73. The quantitative estimate of drug-likeness (QED) is 0.764. The minimum atomic E-state index is 0.610. The van der Waals surface area contributed by atoms with Gasteiger partial charge in [-0.05, 0) is 19.8 Å². The molecule has 2 aliphatic heterocycles. The Bertz CT molecular complexity index is 365. The molecular weight excluding hydrogens is 200 g/mol. The Hall–Kier alpha value is -0.870. The molecule has 2 aliphatic rings. The van der Waals surface area contributed by atoms with Gasteiger partial charge in [0.15, 0.2) is 0 Å². The number of imidazole rings is 1. The van der Waals surface area contributed by atoms with E-state index in [-0.39, 0.29) is 0 Å². The van der Waals surface area contributed by atoms with E-state index >= 15 is 0 Å². The van der Waals surface area contributed by atoms with E-state index in [1.807, 2.05) is 6.33 Å². The summed E-state index contributed by atoms with van der Waals surface area (Å²) in [5, 5.41) is 3.42. The SMILES string of the molecule is Cc1ncn2c1C(N1CCNCC1)CCC2. The van der Waals surface area contributed by atoms with Crippen molar-refractivity contribution in [2.45, 2.75) is 32.4 Å². The summed E-state index contributed by atoms with van der Waals surface area (Å²) in [5.74, 6) is 0. The number of piperazine rings is 1. The van der Waals surface area contributed by atoms with Crippen LogP contribution in [0.4, 0.5) is 0 Å².